The summed E-state index contributed by atoms with van der Waals surface area (Å²) in [7, 11) is -3.74. The summed E-state index contributed by atoms with van der Waals surface area (Å²) in [5.74, 6) is 0. The molecule has 0 aromatic heterocycles. The summed E-state index contributed by atoms with van der Waals surface area (Å²) in [4.78, 5) is 0.231. The Morgan fingerprint density at radius 2 is 1.48 bits per heavy atom. The van der Waals surface area contributed by atoms with Crippen molar-refractivity contribution in [1.29, 1.82) is 0 Å². The van der Waals surface area contributed by atoms with Gasteiger partial charge in [0.15, 0.2) is 0 Å². The molecule has 2 N–H and O–H groups in total. The van der Waals surface area contributed by atoms with E-state index in [4.69, 9.17) is 17.3 Å². The molecular formula is C23H25ClN2O2S. The van der Waals surface area contributed by atoms with Gasteiger partial charge in [0.25, 0.3) is 0 Å². The van der Waals surface area contributed by atoms with Crippen LogP contribution in [0.3, 0.4) is 0 Å². The molecule has 0 spiro atoms. The van der Waals surface area contributed by atoms with Crippen molar-refractivity contribution in [2.75, 3.05) is 0 Å². The number of benzene rings is 3. The highest BCUT2D eigenvalue weighted by Crippen LogP contribution is 2.32. The lowest BCUT2D eigenvalue weighted by molar-refractivity contribution is 0.310. The van der Waals surface area contributed by atoms with Crippen molar-refractivity contribution in [2.24, 2.45) is 5.73 Å². The SMILES string of the molecule is CC[C@@H](c1ccccc1)N(Cc1ccc(CN)cc1)S(=O)(=O)c1ccc(Cl)cc1. The van der Waals surface area contributed by atoms with E-state index < -0.39 is 10.0 Å². The topological polar surface area (TPSA) is 63.4 Å². The third-order valence-electron chi connectivity index (χ3n) is 4.94. The molecule has 0 aliphatic heterocycles. The molecule has 0 heterocycles. The Hall–Kier alpha value is -2.18. The van der Waals surface area contributed by atoms with Gasteiger partial charge in [-0.2, -0.15) is 4.31 Å². The average Bonchev–Trinajstić information content (AvgIpc) is 2.75. The zero-order valence-corrected chi connectivity index (χ0v) is 17.9. The first-order valence-electron chi connectivity index (χ1n) is 9.56. The molecule has 0 fully saturated rings. The predicted molar refractivity (Wildman–Crippen MR) is 118 cm³/mol. The summed E-state index contributed by atoms with van der Waals surface area (Å²) in [6.45, 7) is 2.72. The van der Waals surface area contributed by atoms with Gasteiger partial charge >= 0.3 is 0 Å². The highest BCUT2D eigenvalue weighted by Gasteiger charge is 2.31. The summed E-state index contributed by atoms with van der Waals surface area (Å²) < 4.78 is 28.8. The van der Waals surface area contributed by atoms with Crippen LogP contribution in [0.2, 0.25) is 5.02 Å². The van der Waals surface area contributed by atoms with Crippen LogP contribution in [0.5, 0.6) is 0 Å². The van der Waals surface area contributed by atoms with E-state index in [1.54, 1.807) is 28.6 Å². The molecule has 152 valence electrons. The third kappa shape index (κ3) is 5.06. The second kappa shape index (κ2) is 9.55. The van der Waals surface area contributed by atoms with Crippen LogP contribution < -0.4 is 5.73 Å². The zero-order chi connectivity index (χ0) is 20.9. The maximum absolute atomic E-state index is 13.6. The Labute approximate surface area is 178 Å². The van der Waals surface area contributed by atoms with Crippen molar-refractivity contribution in [1.82, 2.24) is 4.31 Å². The quantitative estimate of drug-likeness (QED) is 0.540. The number of rotatable bonds is 8. The highest BCUT2D eigenvalue weighted by molar-refractivity contribution is 7.89. The summed E-state index contributed by atoms with van der Waals surface area (Å²) >= 11 is 5.97. The van der Waals surface area contributed by atoms with Crippen molar-refractivity contribution in [2.45, 2.75) is 37.4 Å². The molecular weight excluding hydrogens is 404 g/mol. The maximum atomic E-state index is 13.6. The second-order valence-corrected chi connectivity index (χ2v) is 9.19. The fourth-order valence-electron chi connectivity index (χ4n) is 3.35. The van der Waals surface area contributed by atoms with Gasteiger partial charge in [0.1, 0.15) is 0 Å². The third-order valence-corrected chi connectivity index (χ3v) is 7.06. The zero-order valence-electron chi connectivity index (χ0n) is 16.3. The molecule has 0 saturated heterocycles. The lowest BCUT2D eigenvalue weighted by atomic mass is 10.0. The van der Waals surface area contributed by atoms with Crippen LogP contribution in [0.4, 0.5) is 0 Å². The van der Waals surface area contributed by atoms with Crippen LogP contribution in [-0.2, 0) is 23.1 Å². The Bertz CT molecular complexity index is 1020. The molecule has 0 aliphatic carbocycles. The van der Waals surface area contributed by atoms with E-state index in [-0.39, 0.29) is 17.5 Å². The van der Waals surface area contributed by atoms with Crippen molar-refractivity contribution in [3.8, 4) is 0 Å². The summed E-state index contributed by atoms with van der Waals surface area (Å²) in [6, 6.07) is 23.5. The first-order valence-corrected chi connectivity index (χ1v) is 11.4. The van der Waals surface area contributed by atoms with E-state index in [0.717, 1.165) is 16.7 Å². The minimum Gasteiger partial charge on any atom is -0.326 e. The summed E-state index contributed by atoms with van der Waals surface area (Å²) in [5.41, 5.74) is 8.57. The van der Waals surface area contributed by atoms with Crippen molar-refractivity contribution in [3.63, 3.8) is 0 Å². The van der Waals surface area contributed by atoms with E-state index >= 15 is 0 Å². The molecule has 4 nitrogen and oxygen atoms in total. The summed E-state index contributed by atoms with van der Waals surface area (Å²) in [6.07, 6.45) is 0.651. The number of halogens is 1. The Kier molecular flexibility index (Phi) is 7.09. The monoisotopic (exact) mass is 428 g/mol. The van der Waals surface area contributed by atoms with Crippen molar-refractivity contribution < 1.29 is 8.42 Å². The minimum absolute atomic E-state index is 0.231. The lowest BCUT2D eigenvalue weighted by Gasteiger charge is -2.31. The van der Waals surface area contributed by atoms with Gasteiger partial charge in [-0.05, 0) is 47.4 Å². The number of sulfonamides is 1. The van der Waals surface area contributed by atoms with Crippen LogP contribution >= 0.6 is 11.6 Å². The average molecular weight is 429 g/mol. The maximum Gasteiger partial charge on any atom is 0.243 e. The molecule has 3 rings (SSSR count). The minimum atomic E-state index is -3.74. The van der Waals surface area contributed by atoms with Gasteiger partial charge in [-0.15, -0.1) is 0 Å². The van der Waals surface area contributed by atoms with Gasteiger partial charge in [-0.25, -0.2) is 8.42 Å². The molecule has 0 saturated carbocycles. The molecule has 0 bridgehead atoms. The number of nitrogens with zero attached hydrogens (tertiary/aromatic N) is 1. The standard InChI is InChI=1S/C23H25ClN2O2S/c1-2-23(20-6-4-3-5-7-20)26(17-19-10-8-18(16-25)9-11-19)29(27,28)22-14-12-21(24)13-15-22/h3-15,23H,2,16-17,25H2,1H3/t23-/m0/s1. The van der Waals surface area contributed by atoms with Crippen LogP contribution in [0, 0.1) is 0 Å². The molecule has 29 heavy (non-hydrogen) atoms. The van der Waals surface area contributed by atoms with E-state index in [9.17, 15) is 8.42 Å². The molecule has 3 aromatic carbocycles. The largest absolute Gasteiger partial charge is 0.326 e. The van der Waals surface area contributed by atoms with E-state index in [0.29, 0.717) is 18.0 Å². The Morgan fingerprint density at radius 1 is 0.897 bits per heavy atom. The first kappa shape index (κ1) is 21.5. The molecule has 1 atom stereocenters. The van der Waals surface area contributed by atoms with Crippen LogP contribution in [0.1, 0.15) is 36.1 Å². The number of hydrogen-bond acceptors (Lipinski definition) is 3. The molecule has 0 aliphatic rings. The van der Waals surface area contributed by atoms with Crippen LogP contribution in [-0.4, -0.2) is 12.7 Å². The van der Waals surface area contributed by atoms with Gasteiger partial charge in [-0.3, -0.25) is 0 Å². The van der Waals surface area contributed by atoms with Gasteiger partial charge in [-0.1, -0.05) is 73.1 Å². The molecule has 0 unspecified atom stereocenters. The fraction of sp³-hybridized carbons (Fsp3) is 0.217. The summed E-state index contributed by atoms with van der Waals surface area (Å²) in [5, 5.41) is 0.503. The Balaban J connectivity index is 2.05. The molecule has 3 aromatic rings. The van der Waals surface area contributed by atoms with Crippen LogP contribution in [0.25, 0.3) is 0 Å². The van der Waals surface area contributed by atoms with Crippen LogP contribution in [0.15, 0.2) is 83.8 Å². The first-order chi connectivity index (χ1) is 14.0. The Morgan fingerprint density at radius 3 is 2.03 bits per heavy atom. The smallest absolute Gasteiger partial charge is 0.243 e. The van der Waals surface area contributed by atoms with Gasteiger partial charge in [0, 0.05) is 18.1 Å². The highest BCUT2D eigenvalue weighted by atomic mass is 35.5. The molecule has 0 radical (unpaired) electrons. The van der Waals surface area contributed by atoms with Gasteiger partial charge < -0.3 is 5.73 Å². The number of hydrogen-bond donors (Lipinski definition) is 1. The van der Waals surface area contributed by atoms with E-state index in [1.807, 2.05) is 61.5 Å². The molecule has 0 amide bonds. The van der Waals surface area contributed by atoms with Gasteiger partial charge in [0.05, 0.1) is 10.9 Å². The van der Waals surface area contributed by atoms with E-state index in [1.165, 1.54) is 0 Å². The normalized spacial score (nSPS) is 12.8. The van der Waals surface area contributed by atoms with E-state index in [2.05, 4.69) is 0 Å². The lowest BCUT2D eigenvalue weighted by Crippen LogP contribution is -2.34. The second-order valence-electron chi connectivity index (χ2n) is 6.86. The predicted octanol–water partition coefficient (Wildman–Crippen LogP) is 5.14. The number of nitrogens with two attached hydrogens (primary N) is 1. The van der Waals surface area contributed by atoms with Crippen molar-refractivity contribution in [3.05, 3.63) is 101 Å². The van der Waals surface area contributed by atoms with Crippen molar-refractivity contribution >= 4 is 21.6 Å². The van der Waals surface area contributed by atoms with Gasteiger partial charge in [0.2, 0.25) is 10.0 Å². The molecule has 6 heteroatoms. The fourth-order valence-corrected chi connectivity index (χ4v) is 5.15.